The van der Waals surface area contributed by atoms with E-state index in [0.717, 1.165) is 66.9 Å². The van der Waals surface area contributed by atoms with Crippen molar-refractivity contribution in [3.05, 3.63) is 243 Å². The van der Waals surface area contributed by atoms with Gasteiger partial charge in [-0.2, -0.15) is 0 Å². The van der Waals surface area contributed by atoms with Gasteiger partial charge in [0.2, 0.25) is 0 Å². The van der Waals surface area contributed by atoms with E-state index in [2.05, 4.69) is 246 Å². The molecule has 2 aromatic heterocycles. The fourth-order valence-electron chi connectivity index (χ4n) is 10.2. The SMILES string of the molecule is c1ccc(-c2ccc(-c3ccc(N(c4ccccc4-c4cccc5c4oc4ccccc45)c4cccc5ccc6ccccc6c45)cc3)c(-n3c4ccccc4c4ccccc43)c2)cc1. The van der Waals surface area contributed by atoms with Gasteiger partial charge in [-0.3, -0.25) is 0 Å². The highest BCUT2D eigenvalue weighted by molar-refractivity contribution is 6.17. The summed E-state index contributed by atoms with van der Waals surface area (Å²) in [5.74, 6) is 0. The predicted molar refractivity (Wildman–Crippen MR) is 274 cm³/mol. The van der Waals surface area contributed by atoms with Crippen molar-refractivity contribution in [1.29, 1.82) is 0 Å². The Morgan fingerprint density at radius 1 is 0.338 bits per heavy atom. The van der Waals surface area contributed by atoms with E-state index in [-0.39, 0.29) is 0 Å². The van der Waals surface area contributed by atoms with Gasteiger partial charge in [0, 0.05) is 49.3 Å². The second-order valence-electron chi connectivity index (χ2n) is 16.8. The lowest BCUT2D eigenvalue weighted by atomic mass is 9.96. The van der Waals surface area contributed by atoms with Crippen LogP contribution in [-0.2, 0) is 0 Å². The molecule has 3 heteroatoms. The van der Waals surface area contributed by atoms with Crippen LogP contribution in [-0.4, -0.2) is 4.57 Å². The van der Waals surface area contributed by atoms with Crippen LogP contribution in [0, 0.1) is 0 Å². The van der Waals surface area contributed by atoms with Gasteiger partial charge in [-0.05, 0) is 81.4 Å². The minimum atomic E-state index is 0.886. The predicted octanol–water partition coefficient (Wildman–Crippen LogP) is 17.5. The molecular formula is C62H40N2O. The molecule has 0 spiro atoms. The highest BCUT2D eigenvalue weighted by atomic mass is 16.3. The molecule has 0 bridgehead atoms. The molecule has 0 saturated carbocycles. The average molecular weight is 829 g/mol. The number of furan rings is 1. The summed E-state index contributed by atoms with van der Waals surface area (Å²) in [5.41, 5.74) is 15.3. The lowest BCUT2D eigenvalue weighted by molar-refractivity contribution is 0.670. The Kier molecular flexibility index (Phi) is 8.53. The van der Waals surface area contributed by atoms with E-state index >= 15 is 0 Å². The largest absolute Gasteiger partial charge is 0.455 e. The lowest BCUT2D eigenvalue weighted by Gasteiger charge is -2.29. The number of hydrogen-bond acceptors (Lipinski definition) is 2. The summed E-state index contributed by atoms with van der Waals surface area (Å²) < 4.78 is 9.14. The number of aromatic nitrogens is 1. The molecule has 0 amide bonds. The van der Waals surface area contributed by atoms with Crippen molar-refractivity contribution in [2.24, 2.45) is 0 Å². The normalized spacial score (nSPS) is 11.7. The lowest BCUT2D eigenvalue weighted by Crippen LogP contribution is -2.12. The molecule has 3 nitrogen and oxygen atoms in total. The number of para-hydroxylation sites is 5. The summed E-state index contributed by atoms with van der Waals surface area (Å²) in [7, 11) is 0. The zero-order chi connectivity index (χ0) is 42.8. The van der Waals surface area contributed by atoms with E-state index in [1.54, 1.807) is 0 Å². The first-order valence-electron chi connectivity index (χ1n) is 22.3. The van der Waals surface area contributed by atoms with E-state index in [0.29, 0.717) is 0 Å². The van der Waals surface area contributed by atoms with Gasteiger partial charge >= 0.3 is 0 Å². The first kappa shape index (κ1) is 36.9. The first-order valence-corrected chi connectivity index (χ1v) is 22.3. The molecule has 65 heavy (non-hydrogen) atoms. The Morgan fingerprint density at radius 2 is 0.923 bits per heavy atom. The van der Waals surface area contributed by atoms with Gasteiger partial charge in [0.15, 0.2) is 0 Å². The molecule has 13 rings (SSSR count). The maximum atomic E-state index is 6.69. The fourth-order valence-corrected chi connectivity index (χ4v) is 10.2. The van der Waals surface area contributed by atoms with Crippen molar-refractivity contribution < 1.29 is 4.42 Å². The molecule has 0 fully saturated rings. The van der Waals surface area contributed by atoms with Crippen LogP contribution in [0.2, 0.25) is 0 Å². The number of anilines is 3. The molecule has 11 aromatic carbocycles. The topological polar surface area (TPSA) is 21.3 Å². The van der Waals surface area contributed by atoms with E-state index in [9.17, 15) is 0 Å². The molecule has 0 saturated heterocycles. The molecule has 0 radical (unpaired) electrons. The van der Waals surface area contributed by atoms with Crippen LogP contribution in [0.15, 0.2) is 247 Å². The Hall–Kier alpha value is -8.66. The number of rotatable bonds is 7. The van der Waals surface area contributed by atoms with E-state index in [1.165, 1.54) is 54.5 Å². The van der Waals surface area contributed by atoms with Crippen molar-refractivity contribution in [1.82, 2.24) is 4.57 Å². The summed E-state index contributed by atoms with van der Waals surface area (Å²) in [5, 5.41) is 9.53. The molecule has 0 aliphatic rings. The Balaban J connectivity index is 1.04. The summed E-state index contributed by atoms with van der Waals surface area (Å²) in [4.78, 5) is 2.45. The molecule has 0 atom stereocenters. The summed E-state index contributed by atoms with van der Waals surface area (Å²) in [6, 6.07) is 87.8. The van der Waals surface area contributed by atoms with Gasteiger partial charge in [0.25, 0.3) is 0 Å². The van der Waals surface area contributed by atoms with Gasteiger partial charge in [-0.15, -0.1) is 0 Å². The second-order valence-corrected chi connectivity index (χ2v) is 16.8. The smallest absolute Gasteiger partial charge is 0.143 e. The standard InChI is InChI=1S/C62H40N2O/c1-2-16-41(17-3-1)45-36-39-47(59(40-45)64-56-28-11-6-21-49(56)50-22-7-12-29-57(50)64)43-34-37-46(38-35-43)63(58-30-14-19-44-33-32-42-18-4-5-20-48(42)61(44)58)55-27-10-8-23-51(55)53-25-15-26-54-52-24-9-13-31-60(52)65-62(53)54/h1-40H. The second kappa shape index (κ2) is 15.0. The minimum Gasteiger partial charge on any atom is -0.455 e. The number of benzene rings is 11. The van der Waals surface area contributed by atoms with Gasteiger partial charge < -0.3 is 13.9 Å². The Morgan fingerprint density at radius 3 is 1.74 bits per heavy atom. The highest BCUT2D eigenvalue weighted by Gasteiger charge is 2.23. The summed E-state index contributed by atoms with van der Waals surface area (Å²) in [6.45, 7) is 0. The van der Waals surface area contributed by atoms with Crippen molar-refractivity contribution >= 4 is 82.4 Å². The number of hydrogen-bond donors (Lipinski definition) is 0. The summed E-state index contributed by atoms with van der Waals surface area (Å²) in [6.07, 6.45) is 0. The monoisotopic (exact) mass is 828 g/mol. The van der Waals surface area contributed by atoms with Gasteiger partial charge in [-0.1, -0.05) is 194 Å². The van der Waals surface area contributed by atoms with Crippen molar-refractivity contribution in [2.45, 2.75) is 0 Å². The number of fused-ring (bicyclic) bond motifs is 9. The maximum Gasteiger partial charge on any atom is 0.143 e. The molecule has 0 unspecified atom stereocenters. The van der Waals surface area contributed by atoms with Gasteiger partial charge in [0.1, 0.15) is 11.2 Å². The molecule has 0 aliphatic carbocycles. The van der Waals surface area contributed by atoms with Crippen molar-refractivity contribution in [3.8, 4) is 39.1 Å². The molecule has 2 heterocycles. The van der Waals surface area contributed by atoms with Crippen LogP contribution in [0.25, 0.3) is 104 Å². The minimum absolute atomic E-state index is 0.886. The van der Waals surface area contributed by atoms with Crippen LogP contribution >= 0.6 is 0 Å². The third kappa shape index (κ3) is 5.97. The van der Waals surface area contributed by atoms with Crippen LogP contribution in [0.4, 0.5) is 17.1 Å². The average Bonchev–Trinajstić information content (AvgIpc) is 3.93. The maximum absolute atomic E-state index is 6.69. The van der Waals surface area contributed by atoms with Crippen LogP contribution < -0.4 is 4.90 Å². The zero-order valence-electron chi connectivity index (χ0n) is 35.4. The van der Waals surface area contributed by atoms with Crippen LogP contribution in [0.3, 0.4) is 0 Å². The fraction of sp³-hybridized carbons (Fsp3) is 0. The van der Waals surface area contributed by atoms with Gasteiger partial charge in [-0.25, -0.2) is 0 Å². The first-order chi connectivity index (χ1) is 32.3. The summed E-state index contributed by atoms with van der Waals surface area (Å²) >= 11 is 0. The number of nitrogens with zero attached hydrogens (tertiary/aromatic N) is 2. The van der Waals surface area contributed by atoms with Gasteiger partial charge in [0.05, 0.1) is 28.1 Å². The molecule has 0 aliphatic heterocycles. The Bertz CT molecular complexity index is 3900. The molecule has 0 N–H and O–H groups in total. The van der Waals surface area contributed by atoms with E-state index in [4.69, 9.17) is 4.42 Å². The van der Waals surface area contributed by atoms with Crippen molar-refractivity contribution in [2.75, 3.05) is 4.90 Å². The molecular weight excluding hydrogens is 789 g/mol. The highest BCUT2D eigenvalue weighted by Crippen LogP contribution is 2.48. The Labute approximate surface area is 376 Å². The van der Waals surface area contributed by atoms with Crippen LogP contribution in [0.5, 0.6) is 0 Å². The van der Waals surface area contributed by atoms with Crippen LogP contribution in [0.1, 0.15) is 0 Å². The quantitative estimate of drug-likeness (QED) is 0.149. The third-order valence-electron chi connectivity index (χ3n) is 13.2. The van der Waals surface area contributed by atoms with Crippen molar-refractivity contribution in [3.63, 3.8) is 0 Å². The molecule has 13 aromatic rings. The van der Waals surface area contributed by atoms with E-state index in [1.807, 2.05) is 6.07 Å². The third-order valence-corrected chi connectivity index (χ3v) is 13.2. The van der Waals surface area contributed by atoms with E-state index < -0.39 is 0 Å². The molecule has 304 valence electrons. The zero-order valence-corrected chi connectivity index (χ0v) is 35.4.